The van der Waals surface area contributed by atoms with Crippen LogP contribution in [-0.4, -0.2) is 34.4 Å². The molecule has 160 valence electrons. The number of hydrogen-bond donors (Lipinski definition) is 1. The van der Waals surface area contributed by atoms with Crippen LogP contribution in [0.1, 0.15) is 5.56 Å². The number of hydrogen-bond acceptors (Lipinski definition) is 8. The van der Waals surface area contributed by atoms with E-state index >= 15 is 0 Å². The van der Waals surface area contributed by atoms with Gasteiger partial charge < -0.3 is 23.2 Å². The molecule has 0 saturated carbocycles. The molecule has 0 radical (unpaired) electrons. The molecule has 0 aliphatic carbocycles. The monoisotopic (exact) mass is 442 g/mol. The van der Waals surface area contributed by atoms with Gasteiger partial charge in [-0.15, -0.1) is 0 Å². The van der Waals surface area contributed by atoms with Gasteiger partial charge in [-0.2, -0.15) is 0 Å². The number of ether oxygens (including phenoxy) is 3. The maximum Gasteiger partial charge on any atom is 0.270 e. The molecule has 9 nitrogen and oxygen atoms in total. The van der Waals surface area contributed by atoms with Gasteiger partial charge >= 0.3 is 0 Å². The van der Waals surface area contributed by atoms with Crippen LogP contribution in [0.15, 0.2) is 56.5 Å². The molecule has 0 saturated heterocycles. The number of methoxy groups -OCH3 is 2. The fourth-order valence-corrected chi connectivity index (χ4v) is 5.08. The summed E-state index contributed by atoms with van der Waals surface area (Å²) >= 11 is 0. The van der Waals surface area contributed by atoms with Gasteiger partial charge in [0.15, 0.2) is 16.3 Å². The summed E-state index contributed by atoms with van der Waals surface area (Å²) in [6, 6.07) is 10.1. The van der Waals surface area contributed by atoms with Crippen LogP contribution in [0, 0.1) is 0 Å². The number of anilines is 1. The van der Waals surface area contributed by atoms with Crippen LogP contribution in [-0.2, 0) is 16.4 Å². The van der Waals surface area contributed by atoms with Gasteiger partial charge in [0.25, 0.3) is 10.0 Å². The Morgan fingerprint density at radius 3 is 2.55 bits per heavy atom. The SMILES string of the molecule is COc1cccc(OC)c1S(=O)(=O)Nc1noc2cc(-c3ccco3)c3c(c12)OCC3. The van der Waals surface area contributed by atoms with Gasteiger partial charge in [0.1, 0.15) is 28.4 Å². The third-order valence-corrected chi connectivity index (χ3v) is 6.49. The minimum absolute atomic E-state index is 0.0205. The summed E-state index contributed by atoms with van der Waals surface area (Å²) in [6.45, 7) is 0.458. The summed E-state index contributed by atoms with van der Waals surface area (Å²) in [5.74, 6) is 1.49. The average Bonchev–Trinajstić information content (AvgIpc) is 3.52. The molecule has 3 heterocycles. The van der Waals surface area contributed by atoms with Gasteiger partial charge in [0.2, 0.25) is 0 Å². The normalized spacial score (nSPS) is 13.1. The van der Waals surface area contributed by atoms with Gasteiger partial charge in [0.05, 0.1) is 27.1 Å². The molecule has 4 aromatic rings. The molecule has 0 spiro atoms. The number of sulfonamides is 1. The molecule has 1 aliphatic rings. The van der Waals surface area contributed by atoms with E-state index in [0.29, 0.717) is 35.5 Å². The standard InChI is InChI=1S/C21H18N2O7S/c1-26-15-5-3-6-16(27-2)20(15)31(24,25)23-21-18-17(30-22-21)11-13(14-7-4-9-28-14)12-8-10-29-19(12)18/h3-7,9,11H,8,10H2,1-2H3,(H,22,23). The molecule has 0 atom stereocenters. The second kappa shape index (κ2) is 7.24. The Bertz CT molecular complexity index is 1350. The predicted molar refractivity (Wildman–Crippen MR) is 111 cm³/mol. The fourth-order valence-electron chi connectivity index (χ4n) is 3.76. The van der Waals surface area contributed by atoms with Crippen molar-refractivity contribution in [1.29, 1.82) is 0 Å². The molecular formula is C21H18N2O7S. The number of furan rings is 1. The molecule has 0 fully saturated rings. The number of fused-ring (bicyclic) bond motifs is 3. The smallest absolute Gasteiger partial charge is 0.270 e. The fraction of sp³-hybridized carbons (Fsp3) is 0.190. The van der Waals surface area contributed by atoms with E-state index in [9.17, 15) is 8.42 Å². The molecule has 5 rings (SSSR count). The van der Waals surface area contributed by atoms with Gasteiger partial charge in [0, 0.05) is 17.5 Å². The summed E-state index contributed by atoms with van der Waals surface area (Å²) < 4.78 is 56.3. The van der Waals surface area contributed by atoms with Crippen LogP contribution in [0.4, 0.5) is 5.82 Å². The summed E-state index contributed by atoms with van der Waals surface area (Å²) in [5.41, 5.74) is 2.10. The second-order valence-electron chi connectivity index (χ2n) is 6.81. The number of aromatic nitrogens is 1. The zero-order chi connectivity index (χ0) is 21.6. The number of nitrogens with zero attached hydrogens (tertiary/aromatic N) is 1. The first kappa shape index (κ1) is 19.3. The zero-order valence-corrected chi connectivity index (χ0v) is 17.5. The Balaban J connectivity index is 1.64. The Labute approximate surface area is 177 Å². The van der Waals surface area contributed by atoms with E-state index in [2.05, 4.69) is 9.88 Å². The third kappa shape index (κ3) is 3.07. The zero-order valence-electron chi connectivity index (χ0n) is 16.7. The average molecular weight is 442 g/mol. The van der Waals surface area contributed by atoms with Crippen LogP contribution >= 0.6 is 0 Å². The highest BCUT2D eigenvalue weighted by Gasteiger charge is 2.31. The Kier molecular flexibility index (Phi) is 4.51. The van der Waals surface area contributed by atoms with Crippen molar-refractivity contribution in [1.82, 2.24) is 5.16 Å². The molecule has 0 amide bonds. The molecule has 1 N–H and O–H groups in total. The van der Waals surface area contributed by atoms with E-state index in [1.807, 2.05) is 6.07 Å². The number of rotatable bonds is 6. The molecule has 2 aromatic heterocycles. The highest BCUT2D eigenvalue weighted by atomic mass is 32.2. The highest BCUT2D eigenvalue weighted by Crippen LogP contribution is 2.45. The van der Waals surface area contributed by atoms with Crippen LogP contribution < -0.4 is 18.9 Å². The van der Waals surface area contributed by atoms with E-state index in [0.717, 1.165) is 11.1 Å². The topological polar surface area (TPSA) is 113 Å². The second-order valence-corrected chi connectivity index (χ2v) is 8.43. The molecule has 0 unspecified atom stereocenters. The van der Waals surface area contributed by atoms with Crippen molar-refractivity contribution in [2.45, 2.75) is 11.3 Å². The lowest BCUT2D eigenvalue weighted by Crippen LogP contribution is -2.15. The summed E-state index contributed by atoms with van der Waals surface area (Å²) in [4.78, 5) is -0.138. The van der Waals surface area contributed by atoms with Crippen molar-refractivity contribution in [3.05, 3.63) is 48.2 Å². The number of benzene rings is 2. The van der Waals surface area contributed by atoms with Gasteiger partial charge in [-0.05, 0) is 30.3 Å². The van der Waals surface area contributed by atoms with Crippen molar-refractivity contribution < 1.29 is 31.6 Å². The van der Waals surface area contributed by atoms with E-state index in [-0.39, 0.29) is 22.2 Å². The summed E-state index contributed by atoms with van der Waals surface area (Å²) in [7, 11) is -1.36. The summed E-state index contributed by atoms with van der Waals surface area (Å²) in [5, 5.41) is 4.40. The third-order valence-electron chi connectivity index (χ3n) is 5.09. The van der Waals surface area contributed by atoms with E-state index in [1.54, 1.807) is 24.5 Å². The first-order chi connectivity index (χ1) is 15.0. The highest BCUT2D eigenvalue weighted by molar-refractivity contribution is 7.93. The van der Waals surface area contributed by atoms with Gasteiger partial charge in [-0.25, -0.2) is 8.42 Å². The maximum absolute atomic E-state index is 13.2. The first-order valence-electron chi connectivity index (χ1n) is 9.39. The van der Waals surface area contributed by atoms with E-state index in [4.69, 9.17) is 23.2 Å². The van der Waals surface area contributed by atoms with Crippen LogP contribution in [0.3, 0.4) is 0 Å². The molecule has 31 heavy (non-hydrogen) atoms. The largest absolute Gasteiger partial charge is 0.495 e. The number of nitrogens with one attached hydrogen (secondary N) is 1. The van der Waals surface area contributed by atoms with Crippen molar-refractivity contribution >= 4 is 26.8 Å². The predicted octanol–water partition coefficient (Wildman–Crippen LogP) is 3.84. The molecule has 0 bridgehead atoms. The minimum atomic E-state index is -4.13. The van der Waals surface area contributed by atoms with Crippen molar-refractivity contribution in [3.63, 3.8) is 0 Å². The lowest BCUT2D eigenvalue weighted by atomic mass is 10.0. The summed E-state index contributed by atoms with van der Waals surface area (Å²) in [6.07, 6.45) is 2.24. The van der Waals surface area contributed by atoms with Gasteiger partial charge in [-0.1, -0.05) is 11.2 Å². The van der Waals surface area contributed by atoms with E-state index < -0.39 is 10.0 Å². The molecule has 10 heteroatoms. The van der Waals surface area contributed by atoms with E-state index in [1.165, 1.54) is 26.4 Å². The van der Waals surface area contributed by atoms with Gasteiger partial charge in [-0.3, -0.25) is 4.72 Å². The van der Waals surface area contributed by atoms with Crippen molar-refractivity contribution in [3.8, 4) is 28.6 Å². The quantitative estimate of drug-likeness (QED) is 0.479. The lowest BCUT2D eigenvalue weighted by Gasteiger charge is -2.14. The van der Waals surface area contributed by atoms with Crippen LogP contribution in [0.2, 0.25) is 0 Å². The lowest BCUT2D eigenvalue weighted by molar-refractivity contribution is 0.360. The molecule has 2 aromatic carbocycles. The van der Waals surface area contributed by atoms with Crippen molar-refractivity contribution in [2.24, 2.45) is 0 Å². The van der Waals surface area contributed by atoms with Crippen molar-refractivity contribution in [2.75, 3.05) is 25.5 Å². The Morgan fingerprint density at radius 1 is 1.10 bits per heavy atom. The molecular weight excluding hydrogens is 424 g/mol. The Hall–Kier alpha value is -3.66. The maximum atomic E-state index is 13.2. The van der Waals surface area contributed by atoms with Crippen LogP contribution in [0.25, 0.3) is 22.3 Å². The Morgan fingerprint density at radius 2 is 1.87 bits per heavy atom. The first-order valence-corrected chi connectivity index (χ1v) is 10.9. The van der Waals surface area contributed by atoms with Crippen LogP contribution in [0.5, 0.6) is 17.2 Å². The molecule has 1 aliphatic heterocycles. The minimum Gasteiger partial charge on any atom is -0.495 e.